The van der Waals surface area contributed by atoms with Gasteiger partial charge in [0.15, 0.2) is 5.82 Å². The average molecular weight is 379 g/mol. The summed E-state index contributed by atoms with van der Waals surface area (Å²) in [5.74, 6) is 0.508. The Morgan fingerprint density at radius 3 is 2.64 bits per heavy atom. The first kappa shape index (κ1) is 19.7. The second-order valence-corrected chi connectivity index (χ2v) is 6.71. The number of aromatic nitrogens is 4. The van der Waals surface area contributed by atoms with Gasteiger partial charge < -0.3 is 10.1 Å². The summed E-state index contributed by atoms with van der Waals surface area (Å²) in [7, 11) is 1.62. The molecule has 0 saturated carbocycles. The van der Waals surface area contributed by atoms with Gasteiger partial charge in [0.1, 0.15) is 0 Å². The third-order valence-corrected chi connectivity index (χ3v) is 4.63. The molecule has 0 radical (unpaired) electrons. The summed E-state index contributed by atoms with van der Waals surface area (Å²) in [5, 5.41) is 15.0. The largest absolute Gasteiger partial charge is 0.383 e. The predicted octanol–water partition coefficient (Wildman–Crippen LogP) is 3.10. The van der Waals surface area contributed by atoms with Crippen molar-refractivity contribution >= 4 is 5.91 Å². The normalized spacial score (nSPS) is 12.0. The molecule has 3 rings (SSSR count). The number of hydrogen-bond donors (Lipinski definition) is 1. The van der Waals surface area contributed by atoms with Crippen LogP contribution in [0.3, 0.4) is 0 Å². The second kappa shape index (κ2) is 8.75. The summed E-state index contributed by atoms with van der Waals surface area (Å²) in [6.07, 6.45) is 0. The Kier molecular flexibility index (Phi) is 6.16. The maximum atomic E-state index is 13.0. The van der Waals surface area contributed by atoms with Gasteiger partial charge >= 0.3 is 0 Å². The third kappa shape index (κ3) is 4.09. The molecule has 0 spiro atoms. The minimum atomic E-state index is -0.142. The van der Waals surface area contributed by atoms with Crippen LogP contribution >= 0.6 is 0 Å². The highest BCUT2D eigenvalue weighted by Gasteiger charge is 2.20. The molecule has 1 unspecified atom stereocenters. The van der Waals surface area contributed by atoms with Crippen LogP contribution in [-0.2, 0) is 11.3 Å². The smallest absolute Gasteiger partial charge is 0.251 e. The van der Waals surface area contributed by atoms with Crippen LogP contribution < -0.4 is 5.32 Å². The Morgan fingerprint density at radius 2 is 1.96 bits per heavy atom. The molecule has 7 heteroatoms. The molecule has 0 saturated heterocycles. The summed E-state index contributed by atoms with van der Waals surface area (Å²) >= 11 is 0. The number of benzene rings is 2. The van der Waals surface area contributed by atoms with E-state index in [1.54, 1.807) is 11.8 Å². The molecule has 1 heterocycles. The van der Waals surface area contributed by atoms with Crippen molar-refractivity contribution in [3.8, 4) is 22.5 Å². The molecule has 28 heavy (non-hydrogen) atoms. The number of carbonyl (C=O) groups excluding carboxylic acids is 1. The van der Waals surface area contributed by atoms with E-state index in [1.165, 1.54) is 0 Å². The highest BCUT2D eigenvalue weighted by Crippen LogP contribution is 2.31. The fraction of sp³-hybridized carbons (Fsp3) is 0.333. The quantitative estimate of drug-likeness (QED) is 0.682. The van der Waals surface area contributed by atoms with Gasteiger partial charge in [0.05, 0.1) is 6.61 Å². The predicted molar refractivity (Wildman–Crippen MR) is 108 cm³/mol. The zero-order valence-corrected chi connectivity index (χ0v) is 16.6. The van der Waals surface area contributed by atoms with E-state index in [-0.39, 0.29) is 11.9 Å². The first-order chi connectivity index (χ1) is 13.5. The van der Waals surface area contributed by atoms with Gasteiger partial charge in [-0.05, 0) is 60.0 Å². The number of ether oxygens (including phenoxy) is 1. The topological polar surface area (TPSA) is 81.9 Å². The number of rotatable bonds is 7. The minimum absolute atomic E-state index is 0.0957. The summed E-state index contributed by atoms with van der Waals surface area (Å²) in [6, 6.07) is 13.8. The molecule has 2 aromatic carbocycles. The molecular weight excluding hydrogens is 354 g/mol. The molecule has 1 N–H and O–H groups in total. The lowest BCUT2D eigenvalue weighted by Gasteiger charge is -2.17. The van der Waals surface area contributed by atoms with Gasteiger partial charge in [0, 0.05) is 30.8 Å². The van der Waals surface area contributed by atoms with Gasteiger partial charge in [-0.1, -0.05) is 30.3 Å². The van der Waals surface area contributed by atoms with Crippen molar-refractivity contribution in [2.24, 2.45) is 0 Å². The number of carbonyl (C=O) groups is 1. The maximum Gasteiger partial charge on any atom is 0.251 e. The van der Waals surface area contributed by atoms with E-state index in [1.807, 2.05) is 63.2 Å². The Bertz CT molecular complexity index is 953. The molecule has 1 atom stereocenters. The van der Waals surface area contributed by atoms with Gasteiger partial charge in [-0.3, -0.25) is 4.79 Å². The van der Waals surface area contributed by atoms with E-state index in [0.717, 1.165) is 22.3 Å². The molecule has 7 nitrogen and oxygen atoms in total. The lowest BCUT2D eigenvalue weighted by molar-refractivity contribution is 0.0905. The number of amides is 1. The van der Waals surface area contributed by atoms with Crippen LogP contribution in [0.1, 0.15) is 29.8 Å². The van der Waals surface area contributed by atoms with Gasteiger partial charge in [0.25, 0.3) is 5.91 Å². The van der Waals surface area contributed by atoms with E-state index in [2.05, 4.69) is 20.8 Å². The van der Waals surface area contributed by atoms with Crippen molar-refractivity contribution in [3.05, 3.63) is 53.6 Å². The van der Waals surface area contributed by atoms with Crippen molar-refractivity contribution in [1.29, 1.82) is 0 Å². The van der Waals surface area contributed by atoms with E-state index >= 15 is 0 Å². The molecule has 0 fully saturated rings. The van der Waals surface area contributed by atoms with Gasteiger partial charge in [-0.25, -0.2) is 4.68 Å². The fourth-order valence-corrected chi connectivity index (χ4v) is 3.18. The standard InChI is InChI=1S/C21H25N5O2/c1-5-26-20(23-24-25-26)18-11-17(16-9-7-6-8-10-16)12-19(15(18)3)21(27)22-14(2)13-28-4/h6-12,14H,5,13H2,1-4H3,(H,22,27). The molecule has 0 aliphatic heterocycles. The van der Waals surface area contributed by atoms with Crippen molar-refractivity contribution in [2.45, 2.75) is 33.4 Å². The highest BCUT2D eigenvalue weighted by molar-refractivity contribution is 5.99. The number of nitrogens with one attached hydrogen (secondary N) is 1. The first-order valence-corrected chi connectivity index (χ1v) is 9.31. The molecule has 1 aromatic heterocycles. The van der Waals surface area contributed by atoms with Crippen LogP contribution in [0.25, 0.3) is 22.5 Å². The van der Waals surface area contributed by atoms with E-state index in [9.17, 15) is 4.79 Å². The monoisotopic (exact) mass is 379 g/mol. The molecular formula is C21H25N5O2. The van der Waals surface area contributed by atoms with Gasteiger partial charge in [-0.15, -0.1) is 5.10 Å². The highest BCUT2D eigenvalue weighted by atomic mass is 16.5. The SMILES string of the molecule is CCn1nnnc1-c1cc(-c2ccccc2)cc(C(=O)NC(C)COC)c1C. The molecule has 146 valence electrons. The molecule has 0 bridgehead atoms. The maximum absolute atomic E-state index is 13.0. The van der Waals surface area contributed by atoms with Crippen LogP contribution in [-0.4, -0.2) is 45.9 Å². The minimum Gasteiger partial charge on any atom is -0.383 e. The summed E-state index contributed by atoms with van der Waals surface area (Å²) in [5.41, 5.74) is 4.25. The van der Waals surface area contributed by atoms with Crippen molar-refractivity contribution in [1.82, 2.24) is 25.5 Å². The number of tetrazole rings is 1. The number of aryl methyl sites for hydroxylation is 1. The average Bonchev–Trinajstić information content (AvgIpc) is 3.17. The van der Waals surface area contributed by atoms with Crippen molar-refractivity contribution in [3.63, 3.8) is 0 Å². The number of methoxy groups -OCH3 is 1. The van der Waals surface area contributed by atoms with E-state index in [0.29, 0.717) is 24.5 Å². The van der Waals surface area contributed by atoms with Crippen LogP contribution in [0.4, 0.5) is 0 Å². The fourth-order valence-electron chi connectivity index (χ4n) is 3.18. The molecule has 3 aromatic rings. The van der Waals surface area contributed by atoms with Crippen LogP contribution in [0.15, 0.2) is 42.5 Å². The van der Waals surface area contributed by atoms with Crippen molar-refractivity contribution in [2.75, 3.05) is 13.7 Å². The molecule has 0 aliphatic rings. The molecule has 0 aliphatic carbocycles. The van der Waals surface area contributed by atoms with E-state index in [4.69, 9.17) is 4.74 Å². The lowest BCUT2D eigenvalue weighted by atomic mass is 9.94. The Morgan fingerprint density at radius 1 is 1.21 bits per heavy atom. The summed E-state index contributed by atoms with van der Waals surface area (Å²) < 4.78 is 6.86. The summed E-state index contributed by atoms with van der Waals surface area (Å²) in [6.45, 7) is 6.91. The van der Waals surface area contributed by atoms with Crippen LogP contribution in [0, 0.1) is 6.92 Å². The second-order valence-electron chi connectivity index (χ2n) is 6.71. The Labute approximate surface area is 164 Å². The summed E-state index contributed by atoms with van der Waals surface area (Å²) in [4.78, 5) is 13.0. The van der Waals surface area contributed by atoms with Crippen LogP contribution in [0.2, 0.25) is 0 Å². The van der Waals surface area contributed by atoms with Gasteiger partial charge in [-0.2, -0.15) is 0 Å². The van der Waals surface area contributed by atoms with E-state index < -0.39 is 0 Å². The lowest BCUT2D eigenvalue weighted by Crippen LogP contribution is -2.36. The van der Waals surface area contributed by atoms with Gasteiger partial charge in [0.2, 0.25) is 0 Å². The first-order valence-electron chi connectivity index (χ1n) is 9.31. The zero-order valence-electron chi connectivity index (χ0n) is 16.6. The zero-order chi connectivity index (χ0) is 20.1. The molecule has 1 amide bonds. The number of hydrogen-bond acceptors (Lipinski definition) is 5. The Balaban J connectivity index is 2.13. The van der Waals surface area contributed by atoms with Crippen LogP contribution in [0.5, 0.6) is 0 Å². The number of nitrogens with zero attached hydrogens (tertiary/aromatic N) is 4. The van der Waals surface area contributed by atoms with Crippen molar-refractivity contribution < 1.29 is 9.53 Å². The Hall–Kier alpha value is -3.06. The third-order valence-electron chi connectivity index (χ3n) is 4.63.